The summed E-state index contributed by atoms with van der Waals surface area (Å²) in [5, 5.41) is 22.1. The van der Waals surface area contributed by atoms with E-state index >= 15 is 0 Å². The quantitative estimate of drug-likeness (QED) is 0.195. The molecule has 0 saturated carbocycles. The first-order valence-corrected chi connectivity index (χ1v) is 13.7. The Morgan fingerprint density at radius 2 is 1.79 bits per heavy atom. The van der Waals surface area contributed by atoms with E-state index in [2.05, 4.69) is 28.1 Å². The molecule has 2 unspecified atom stereocenters. The molecule has 18 nitrogen and oxygen atoms in total. The molecule has 0 radical (unpaired) electrons. The molecule has 8 N–H and O–H groups in total. The second kappa shape index (κ2) is 8.94. The standard InChI is InChI=1S/C13H22N5O13P3/c1-3-13(20)10(19)12(2,4-28-33(24,25)31-34(26,27)30-32(21,22)23)29-11(13)18-6-17-7-8(14)15-5-16-9(7)18/h5-6,10-11,19-20H,3-4H2,1-2H3,(H,24,25)(H,26,27)(H2,14,15,16)(H2,21,22,23)/t10-,11-,12-,13-/m1/s1. The van der Waals surface area contributed by atoms with Gasteiger partial charge in [-0.3, -0.25) is 9.09 Å². The average Bonchev–Trinajstić information content (AvgIpc) is 3.19. The molecule has 2 aromatic heterocycles. The predicted molar refractivity (Wildman–Crippen MR) is 109 cm³/mol. The summed E-state index contributed by atoms with van der Waals surface area (Å²) in [6.45, 7) is 1.72. The van der Waals surface area contributed by atoms with Crippen molar-refractivity contribution in [2.75, 3.05) is 12.3 Å². The summed E-state index contributed by atoms with van der Waals surface area (Å²) in [5.74, 6) is 0.0396. The molecule has 2 aromatic rings. The van der Waals surface area contributed by atoms with Crippen LogP contribution < -0.4 is 5.73 Å². The lowest BCUT2D eigenvalue weighted by Gasteiger charge is -2.32. The third-order valence-corrected chi connectivity index (χ3v) is 8.78. The van der Waals surface area contributed by atoms with Crippen LogP contribution in [0.2, 0.25) is 0 Å². The maximum atomic E-state index is 12.1. The Labute approximate surface area is 190 Å². The predicted octanol–water partition coefficient (Wildman–Crippen LogP) is -0.459. The zero-order valence-corrected chi connectivity index (χ0v) is 20.2. The summed E-state index contributed by atoms with van der Waals surface area (Å²) in [7, 11) is -16.8. The lowest BCUT2D eigenvalue weighted by Crippen LogP contribution is -2.51. The van der Waals surface area contributed by atoms with Gasteiger partial charge in [0, 0.05) is 0 Å². The fourth-order valence-electron chi connectivity index (χ4n) is 3.42. The highest BCUT2D eigenvalue weighted by atomic mass is 31.3. The molecule has 1 saturated heterocycles. The van der Waals surface area contributed by atoms with Crippen LogP contribution in [0.15, 0.2) is 12.7 Å². The summed E-state index contributed by atoms with van der Waals surface area (Å²) in [6.07, 6.45) is -0.854. The number of fused-ring (bicyclic) bond motifs is 1. The lowest BCUT2D eigenvalue weighted by atomic mass is 9.85. The number of anilines is 1. The molecule has 0 aliphatic carbocycles. The van der Waals surface area contributed by atoms with Crippen LogP contribution in [0.4, 0.5) is 5.82 Å². The minimum absolute atomic E-state index is 0.0396. The van der Waals surface area contributed by atoms with E-state index in [1.54, 1.807) is 0 Å². The summed E-state index contributed by atoms with van der Waals surface area (Å²) in [5.41, 5.74) is 2.15. The fraction of sp³-hybridized carbons (Fsp3) is 0.615. The first kappa shape index (κ1) is 27.2. The second-order valence-corrected chi connectivity index (χ2v) is 11.9. The van der Waals surface area contributed by atoms with Crippen LogP contribution in [0.5, 0.6) is 0 Å². The van der Waals surface area contributed by atoms with Crippen LogP contribution in [0.1, 0.15) is 26.5 Å². The molecule has 6 atom stereocenters. The van der Waals surface area contributed by atoms with Gasteiger partial charge in [-0.25, -0.2) is 28.6 Å². The van der Waals surface area contributed by atoms with Crippen LogP contribution in [-0.4, -0.2) is 73.2 Å². The van der Waals surface area contributed by atoms with Crippen molar-refractivity contribution in [2.24, 2.45) is 0 Å². The van der Waals surface area contributed by atoms with Gasteiger partial charge in [0.25, 0.3) is 0 Å². The Hall–Kier alpha value is -1.36. The van der Waals surface area contributed by atoms with Gasteiger partial charge in [0.1, 0.15) is 29.2 Å². The minimum Gasteiger partial charge on any atom is -0.387 e. The molecule has 0 bridgehead atoms. The highest BCUT2D eigenvalue weighted by Gasteiger charge is 2.62. The van der Waals surface area contributed by atoms with Gasteiger partial charge in [-0.15, -0.1) is 0 Å². The SMILES string of the molecule is CC[C@]1(O)[C@H](n2cnc3c(N)ncnc32)O[C@](C)(COP(=O)(O)OP(=O)(O)OP(=O)(O)O)[C@H]1O. The van der Waals surface area contributed by atoms with Crippen molar-refractivity contribution in [1.29, 1.82) is 0 Å². The smallest absolute Gasteiger partial charge is 0.387 e. The molecular formula is C13H22N5O13P3. The Morgan fingerprint density at radius 3 is 2.38 bits per heavy atom. The number of phosphoric acid groups is 3. The van der Waals surface area contributed by atoms with Gasteiger partial charge in [0.15, 0.2) is 17.7 Å². The zero-order chi connectivity index (χ0) is 25.7. The largest absolute Gasteiger partial charge is 0.490 e. The number of nitrogen functional groups attached to an aromatic ring is 1. The van der Waals surface area contributed by atoms with E-state index in [0.29, 0.717) is 0 Å². The van der Waals surface area contributed by atoms with E-state index in [0.717, 1.165) is 6.33 Å². The van der Waals surface area contributed by atoms with E-state index in [-0.39, 0.29) is 23.4 Å². The average molecular weight is 549 g/mol. The number of ether oxygens (including phenoxy) is 1. The van der Waals surface area contributed by atoms with E-state index in [9.17, 15) is 33.7 Å². The van der Waals surface area contributed by atoms with Gasteiger partial charge in [-0.1, -0.05) is 6.92 Å². The van der Waals surface area contributed by atoms with Crippen LogP contribution in [0, 0.1) is 0 Å². The molecule has 1 aliphatic rings. The third-order valence-electron chi connectivity index (χ3n) is 5.00. The van der Waals surface area contributed by atoms with Crippen molar-refractivity contribution in [3.8, 4) is 0 Å². The molecule has 1 fully saturated rings. The van der Waals surface area contributed by atoms with Crippen LogP contribution in [-0.2, 0) is 31.6 Å². The van der Waals surface area contributed by atoms with Crippen LogP contribution >= 0.6 is 23.5 Å². The summed E-state index contributed by atoms with van der Waals surface area (Å²) in [4.78, 5) is 48.0. The maximum absolute atomic E-state index is 12.1. The molecule has 192 valence electrons. The number of nitrogens with zero attached hydrogens (tertiary/aromatic N) is 4. The third kappa shape index (κ3) is 5.39. The topological polar surface area (TPSA) is 279 Å². The van der Waals surface area contributed by atoms with Gasteiger partial charge in [-0.2, -0.15) is 8.62 Å². The number of aromatic nitrogens is 4. The number of imidazole rings is 1. The Bertz CT molecular complexity index is 1220. The zero-order valence-electron chi connectivity index (χ0n) is 17.5. The first-order chi connectivity index (χ1) is 15.4. The first-order valence-electron chi connectivity index (χ1n) is 9.23. The molecule has 21 heteroatoms. The fourth-order valence-corrected chi connectivity index (χ4v) is 6.53. The van der Waals surface area contributed by atoms with Crippen molar-refractivity contribution in [1.82, 2.24) is 19.5 Å². The van der Waals surface area contributed by atoms with Gasteiger partial charge in [0.2, 0.25) is 0 Å². The van der Waals surface area contributed by atoms with Crippen LogP contribution in [0.3, 0.4) is 0 Å². The van der Waals surface area contributed by atoms with E-state index in [1.807, 2.05) is 0 Å². The van der Waals surface area contributed by atoms with Crippen molar-refractivity contribution in [3.05, 3.63) is 12.7 Å². The molecule has 3 heterocycles. The van der Waals surface area contributed by atoms with E-state index in [4.69, 9.17) is 20.3 Å². The van der Waals surface area contributed by atoms with Crippen molar-refractivity contribution < 1.29 is 61.4 Å². The summed E-state index contributed by atoms with van der Waals surface area (Å²) in [6, 6.07) is 0. The molecule has 0 spiro atoms. The minimum atomic E-state index is -5.74. The highest BCUT2D eigenvalue weighted by molar-refractivity contribution is 7.66. The molecule has 1 aliphatic heterocycles. The molecule has 34 heavy (non-hydrogen) atoms. The van der Waals surface area contributed by atoms with Crippen molar-refractivity contribution >= 4 is 40.4 Å². The van der Waals surface area contributed by atoms with E-state index in [1.165, 1.54) is 24.7 Å². The molecule has 3 rings (SSSR count). The Kier molecular flexibility index (Phi) is 7.16. The number of nitrogens with two attached hydrogens (primary N) is 1. The van der Waals surface area contributed by atoms with Crippen molar-refractivity contribution in [2.45, 2.75) is 43.8 Å². The summed E-state index contributed by atoms with van der Waals surface area (Å²) < 4.78 is 53.2. The van der Waals surface area contributed by atoms with Gasteiger partial charge in [-0.05, 0) is 13.3 Å². The number of rotatable bonds is 9. The summed E-state index contributed by atoms with van der Waals surface area (Å²) >= 11 is 0. The number of aliphatic hydroxyl groups excluding tert-OH is 1. The number of aliphatic hydroxyl groups is 2. The Morgan fingerprint density at radius 1 is 1.15 bits per heavy atom. The van der Waals surface area contributed by atoms with Gasteiger partial charge in [0.05, 0.1) is 12.9 Å². The number of hydrogen-bond donors (Lipinski definition) is 7. The second-order valence-electron chi connectivity index (χ2n) is 7.48. The maximum Gasteiger partial charge on any atom is 0.490 e. The van der Waals surface area contributed by atoms with E-state index < -0.39 is 53.6 Å². The Balaban J connectivity index is 1.85. The normalized spacial score (nSPS) is 31.4. The molecular weight excluding hydrogens is 527 g/mol. The molecule has 0 amide bonds. The molecule has 0 aromatic carbocycles. The van der Waals surface area contributed by atoms with Crippen molar-refractivity contribution in [3.63, 3.8) is 0 Å². The number of phosphoric ester groups is 1. The number of hydrogen-bond acceptors (Lipinski definition) is 13. The lowest BCUT2D eigenvalue weighted by molar-refractivity contribution is -0.121. The monoisotopic (exact) mass is 549 g/mol. The van der Waals surface area contributed by atoms with Gasteiger partial charge < -0.3 is 40.3 Å². The van der Waals surface area contributed by atoms with Gasteiger partial charge >= 0.3 is 23.5 Å². The highest BCUT2D eigenvalue weighted by Crippen LogP contribution is 2.66. The van der Waals surface area contributed by atoms with Crippen LogP contribution in [0.25, 0.3) is 11.2 Å².